The van der Waals surface area contributed by atoms with Crippen molar-refractivity contribution in [2.45, 2.75) is 38.1 Å². The third-order valence-electron chi connectivity index (χ3n) is 6.52. The van der Waals surface area contributed by atoms with Crippen LogP contribution in [0.2, 0.25) is 0 Å². The molecule has 1 amide bonds. The molecule has 3 heterocycles. The van der Waals surface area contributed by atoms with Gasteiger partial charge in [0.15, 0.2) is 5.78 Å². The molecule has 0 saturated carbocycles. The molecule has 2 bridgehead atoms. The van der Waals surface area contributed by atoms with Crippen LogP contribution in [0.25, 0.3) is 5.57 Å². The van der Waals surface area contributed by atoms with Gasteiger partial charge < -0.3 is 9.64 Å². The summed E-state index contributed by atoms with van der Waals surface area (Å²) in [6, 6.07) is 10.5. The highest BCUT2D eigenvalue weighted by atomic mass is 16.5. The molecule has 3 saturated heterocycles. The summed E-state index contributed by atoms with van der Waals surface area (Å²) in [4.78, 5) is 30.2. The maximum atomic E-state index is 13.2. The molecule has 1 aromatic carbocycles. The zero-order chi connectivity index (χ0) is 19.5. The van der Waals surface area contributed by atoms with Gasteiger partial charge in [-0.1, -0.05) is 30.3 Å². The van der Waals surface area contributed by atoms with Crippen LogP contribution in [0.15, 0.2) is 35.9 Å². The molecular formula is C23H30N2O3. The van der Waals surface area contributed by atoms with Crippen LogP contribution in [-0.2, 0) is 14.3 Å². The molecule has 3 fully saturated rings. The summed E-state index contributed by atoms with van der Waals surface area (Å²) in [6.45, 7) is 4.32. The molecule has 3 aliphatic heterocycles. The van der Waals surface area contributed by atoms with Crippen LogP contribution >= 0.6 is 0 Å². The highest BCUT2D eigenvalue weighted by Gasteiger charge is 2.37. The number of allylic oxidation sites excluding steroid dienone is 1. The predicted octanol–water partition coefficient (Wildman–Crippen LogP) is 2.76. The highest BCUT2D eigenvalue weighted by molar-refractivity contribution is 6.10. The van der Waals surface area contributed by atoms with Crippen molar-refractivity contribution in [3.05, 3.63) is 41.5 Å². The maximum Gasteiger partial charge on any atom is 0.227 e. The zero-order valence-electron chi connectivity index (χ0n) is 16.7. The fraction of sp³-hybridized carbons (Fsp3) is 0.565. The van der Waals surface area contributed by atoms with Crippen LogP contribution in [0.4, 0.5) is 0 Å². The van der Waals surface area contributed by atoms with Gasteiger partial charge in [0, 0.05) is 51.3 Å². The lowest BCUT2D eigenvalue weighted by molar-refractivity contribution is -0.131. The second-order valence-corrected chi connectivity index (χ2v) is 8.31. The Morgan fingerprint density at radius 2 is 1.93 bits per heavy atom. The Morgan fingerprint density at radius 3 is 2.71 bits per heavy atom. The number of fused-ring (bicyclic) bond motifs is 4. The number of methoxy groups -OCH3 is 1. The molecule has 150 valence electrons. The molecule has 28 heavy (non-hydrogen) atoms. The molecule has 0 spiro atoms. The van der Waals surface area contributed by atoms with Gasteiger partial charge in [0.1, 0.15) is 0 Å². The molecule has 0 N–H and O–H groups in total. The molecule has 4 aliphatic rings. The van der Waals surface area contributed by atoms with Crippen LogP contribution in [0.1, 0.15) is 37.7 Å². The van der Waals surface area contributed by atoms with E-state index in [1.165, 1.54) is 6.42 Å². The average Bonchev–Trinajstić information content (AvgIpc) is 2.88. The summed E-state index contributed by atoms with van der Waals surface area (Å²) in [7, 11) is 1.74. The van der Waals surface area contributed by atoms with E-state index in [1.54, 1.807) is 7.11 Å². The van der Waals surface area contributed by atoms with Crippen molar-refractivity contribution in [1.82, 2.24) is 9.80 Å². The summed E-state index contributed by atoms with van der Waals surface area (Å²) in [5.41, 5.74) is 2.89. The lowest BCUT2D eigenvalue weighted by Crippen LogP contribution is -2.45. The quantitative estimate of drug-likeness (QED) is 0.759. The van der Waals surface area contributed by atoms with E-state index in [0.29, 0.717) is 18.4 Å². The number of nitrogens with zero attached hydrogens (tertiary/aromatic N) is 2. The van der Waals surface area contributed by atoms with Gasteiger partial charge in [-0.3, -0.25) is 14.5 Å². The number of carbonyl (C=O) groups is 2. The summed E-state index contributed by atoms with van der Waals surface area (Å²) < 4.78 is 5.26. The fourth-order valence-electron chi connectivity index (χ4n) is 5.00. The Kier molecular flexibility index (Phi) is 5.93. The van der Waals surface area contributed by atoms with Gasteiger partial charge in [0.05, 0.1) is 13.0 Å². The average molecular weight is 383 g/mol. The first-order chi connectivity index (χ1) is 13.7. The van der Waals surface area contributed by atoms with Crippen molar-refractivity contribution in [1.29, 1.82) is 0 Å². The Hall–Kier alpha value is -1.98. The van der Waals surface area contributed by atoms with Crippen molar-refractivity contribution >= 4 is 17.3 Å². The molecule has 0 aromatic heterocycles. The second-order valence-electron chi connectivity index (χ2n) is 8.31. The minimum absolute atomic E-state index is 0.115. The molecule has 5 nitrogen and oxygen atoms in total. The largest absolute Gasteiger partial charge is 0.383 e. The number of rotatable bonds is 6. The summed E-state index contributed by atoms with van der Waals surface area (Å²) >= 11 is 0. The van der Waals surface area contributed by atoms with E-state index in [9.17, 15) is 9.59 Å². The van der Waals surface area contributed by atoms with E-state index in [4.69, 9.17) is 4.74 Å². The maximum absolute atomic E-state index is 13.2. The van der Waals surface area contributed by atoms with E-state index in [-0.39, 0.29) is 18.1 Å². The lowest BCUT2D eigenvalue weighted by atomic mass is 9.95. The number of carbonyl (C=O) groups excluding carboxylic acids is 2. The third-order valence-corrected chi connectivity index (χ3v) is 6.52. The molecule has 1 aliphatic carbocycles. The van der Waals surface area contributed by atoms with Gasteiger partial charge in [-0.25, -0.2) is 0 Å². The van der Waals surface area contributed by atoms with Crippen LogP contribution in [-0.4, -0.2) is 67.4 Å². The third kappa shape index (κ3) is 4.06. The van der Waals surface area contributed by atoms with Crippen LogP contribution < -0.4 is 0 Å². The Morgan fingerprint density at radius 1 is 1.11 bits per heavy atom. The first-order valence-corrected chi connectivity index (χ1v) is 10.5. The first-order valence-electron chi connectivity index (χ1n) is 10.5. The smallest absolute Gasteiger partial charge is 0.227 e. The number of ether oxygens (including phenoxy) is 1. The zero-order valence-corrected chi connectivity index (χ0v) is 16.7. The van der Waals surface area contributed by atoms with Gasteiger partial charge in [0.25, 0.3) is 0 Å². The lowest BCUT2D eigenvalue weighted by Gasteiger charge is -2.35. The van der Waals surface area contributed by atoms with E-state index >= 15 is 0 Å². The number of Topliss-reactive ketones (excluding diaryl/α,β-unsaturated/α-hetero) is 1. The van der Waals surface area contributed by atoms with E-state index in [0.717, 1.165) is 62.3 Å². The minimum atomic E-state index is 0.115. The summed E-state index contributed by atoms with van der Waals surface area (Å²) in [5.74, 6) is 0.789. The van der Waals surface area contributed by atoms with Crippen molar-refractivity contribution in [3.63, 3.8) is 0 Å². The van der Waals surface area contributed by atoms with Gasteiger partial charge in [-0.15, -0.1) is 0 Å². The Balaban J connectivity index is 1.48. The highest BCUT2D eigenvalue weighted by Crippen LogP contribution is 2.34. The molecule has 0 radical (unpaired) electrons. The summed E-state index contributed by atoms with van der Waals surface area (Å²) in [6.07, 6.45) is 3.87. The van der Waals surface area contributed by atoms with Crippen molar-refractivity contribution in [2.24, 2.45) is 5.92 Å². The van der Waals surface area contributed by atoms with Crippen molar-refractivity contribution in [3.8, 4) is 0 Å². The molecule has 5 rings (SSSR count). The normalized spacial score (nSPS) is 25.5. The second kappa shape index (κ2) is 8.58. The molecule has 5 heteroatoms. The number of hydrogen-bond donors (Lipinski definition) is 0. The standard InChI is InChI=1S/C23H30N2O3/c1-28-12-11-24-14-17-7-8-19(24)16-25(15-17)23(27)13-21-20(9-10-22(21)26)18-5-3-2-4-6-18/h2-6,17,19H,7-16H2,1H3/t17-,19-/m1/s1. The van der Waals surface area contributed by atoms with E-state index in [1.807, 2.05) is 35.2 Å². The molecule has 0 unspecified atom stereocenters. The summed E-state index contributed by atoms with van der Waals surface area (Å²) in [5, 5.41) is 0. The molecule has 2 atom stereocenters. The number of benzene rings is 1. The van der Waals surface area contributed by atoms with E-state index in [2.05, 4.69) is 4.90 Å². The number of ketones is 1. The monoisotopic (exact) mass is 382 g/mol. The van der Waals surface area contributed by atoms with Crippen LogP contribution in [0.3, 0.4) is 0 Å². The number of piperidine rings is 1. The van der Waals surface area contributed by atoms with Crippen LogP contribution in [0.5, 0.6) is 0 Å². The first kappa shape index (κ1) is 19.3. The fourth-order valence-corrected chi connectivity index (χ4v) is 5.00. The molecule has 1 aromatic rings. The van der Waals surface area contributed by atoms with Crippen molar-refractivity contribution in [2.75, 3.05) is 39.9 Å². The van der Waals surface area contributed by atoms with Gasteiger partial charge in [-0.2, -0.15) is 0 Å². The number of hydrogen-bond acceptors (Lipinski definition) is 4. The van der Waals surface area contributed by atoms with Crippen molar-refractivity contribution < 1.29 is 14.3 Å². The van der Waals surface area contributed by atoms with Gasteiger partial charge in [-0.05, 0) is 36.3 Å². The van der Waals surface area contributed by atoms with Gasteiger partial charge >= 0.3 is 0 Å². The number of amides is 1. The van der Waals surface area contributed by atoms with Crippen LogP contribution in [0, 0.1) is 5.92 Å². The minimum Gasteiger partial charge on any atom is -0.383 e. The SMILES string of the molecule is COCCN1C[C@H]2CC[C@@H]1CN(C(=O)CC1=C(c3ccccc3)CCC1=O)C2. The predicted molar refractivity (Wildman–Crippen MR) is 109 cm³/mol. The van der Waals surface area contributed by atoms with E-state index < -0.39 is 0 Å². The Bertz CT molecular complexity index is 758. The Labute approximate surface area is 167 Å². The van der Waals surface area contributed by atoms with Gasteiger partial charge in [0.2, 0.25) is 5.91 Å². The molecular weight excluding hydrogens is 352 g/mol. The topological polar surface area (TPSA) is 49.9 Å².